The highest BCUT2D eigenvalue weighted by Crippen LogP contribution is 2.13. The van der Waals surface area contributed by atoms with Crippen LogP contribution < -0.4 is 0 Å². The van der Waals surface area contributed by atoms with Crippen LogP contribution in [0.1, 0.15) is 26.3 Å². The normalized spacial score (nSPS) is 10.2. The van der Waals surface area contributed by atoms with E-state index in [2.05, 4.69) is 11.8 Å². The van der Waals surface area contributed by atoms with Crippen LogP contribution in [-0.2, 0) is 4.79 Å². The third-order valence-electron chi connectivity index (χ3n) is 1.78. The second kappa shape index (κ2) is 4.11. The van der Waals surface area contributed by atoms with Crippen LogP contribution in [0.15, 0.2) is 30.3 Å². The van der Waals surface area contributed by atoms with E-state index in [4.69, 9.17) is 0 Å². The Morgan fingerprint density at radius 3 is 2.21 bits per heavy atom. The predicted molar refractivity (Wildman–Crippen MR) is 57.8 cm³/mol. The van der Waals surface area contributed by atoms with Crippen molar-refractivity contribution in [2.24, 2.45) is 5.41 Å². The molecule has 0 aromatic heterocycles. The lowest BCUT2D eigenvalue weighted by molar-refractivity contribution is -0.120. The van der Waals surface area contributed by atoms with Gasteiger partial charge in [0.2, 0.25) is 5.78 Å². The fourth-order valence-electron chi connectivity index (χ4n) is 0.838. The Morgan fingerprint density at radius 1 is 1.14 bits per heavy atom. The summed E-state index contributed by atoms with van der Waals surface area (Å²) in [5.74, 6) is 5.47. The Kier molecular flexibility index (Phi) is 3.09. The van der Waals surface area contributed by atoms with E-state index in [1.165, 1.54) is 0 Å². The van der Waals surface area contributed by atoms with Crippen LogP contribution in [0.3, 0.4) is 0 Å². The zero-order valence-electron chi connectivity index (χ0n) is 8.79. The summed E-state index contributed by atoms with van der Waals surface area (Å²) in [6.07, 6.45) is 0. The van der Waals surface area contributed by atoms with E-state index in [-0.39, 0.29) is 11.2 Å². The first kappa shape index (κ1) is 10.5. The number of Topliss-reactive ketones (excluding diaryl/α,β-unsaturated/α-hetero) is 1. The zero-order chi connectivity index (χ0) is 10.6. The molecule has 1 nitrogen and oxygen atoms in total. The molecule has 0 aliphatic rings. The highest BCUT2D eigenvalue weighted by Gasteiger charge is 2.18. The first-order valence-corrected chi connectivity index (χ1v) is 4.61. The molecular formula is C13H14O. The summed E-state index contributed by atoms with van der Waals surface area (Å²) in [4.78, 5) is 11.5. The molecule has 0 aliphatic heterocycles. The van der Waals surface area contributed by atoms with Gasteiger partial charge >= 0.3 is 0 Å². The number of rotatable bonds is 0. The Hall–Kier alpha value is -1.55. The topological polar surface area (TPSA) is 17.1 Å². The van der Waals surface area contributed by atoms with Crippen molar-refractivity contribution in [3.05, 3.63) is 35.9 Å². The van der Waals surface area contributed by atoms with Crippen molar-refractivity contribution in [2.45, 2.75) is 20.8 Å². The maximum atomic E-state index is 11.5. The van der Waals surface area contributed by atoms with Gasteiger partial charge in [-0.3, -0.25) is 4.79 Å². The van der Waals surface area contributed by atoms with Crippen molar-refractivity contribution >= 4 is 5.78 Å². The molecule has 0 bridgehead atoms. The highest BCUT2D eigenvalue weighted by atomic mass is 16.1. The predicted octanol–water partition coefficient (Wildman–Crippen LogP) is 2.65. The van der Waals surface area contributed by atoms with Gasteiger partial charge in [-0.05, 0) is 18.1 Å². The van der Waals surface area contributed by atoms with E-state index < -0.39 is 0 Å². The molecule has 0 aliphatic carbocycles. The van der Waals surface area contributed by atoms with Crippen LogP contribution in [0.4, 0.5) is 0 Å². The standard InChI is InChI=1S/C13H14O/c1-13(2,3)12(14)10-9-11-7-5-4-6-8-11/h4-8H,1-3H3. The largest absolute Gasteiger partial charge is 0.284 e. The Balaban J connectivity index is 2.80. The van der Waals surface area contributed by atoms with Crippen LogP contribution in [0, 0.1) is 17.3 Å². The van der Waals surface area contributed by atoms with E-state index in [1.54, 1.807) is 0 Å². The molecule has 14 heavy (non-hydrogen) atoms. The minimum Gasteiger partial charge on any atom is -0.284 e. The fraction of sp³-hybridized carbons (Fsp3) is 0.308. The minimum absolute atomic E-state index is 0.0265. The minimum atomic E-state index is -0.373. The summed E-state index contributed by atoms with van der Waals surface area (Å²) in [5, 5.41) is 0. The molecule has 0 unspecified atom stereocenters. The maximum Gasteiger partial charge on any atom is 0.211 e. The van der Waals surface area contributed by atoms with Gasteiger partial charge in [-0.1, -0.05) is 44.9 Å². The van der Waals surface area contributed by atoms with E-state index in [1.807, 2.05) is 51.1 Å². The SMILES string of the molecule is CC(C)(C)C(=O)C#Cc1ccccc1. The average molecular weight is 186 g/mol. The van der Waals surface area contributed by atoms with Crippen molar-refractivity contribution in [1.82, 2.24) is 0 Å². The lowest BCUT2D eigenvalue weighted by Crippen LogP contribution is -2.17. The van der Waals surface area contributed by atoms with Crippen molar-refractivity contribution in [2.75, 3.05) is 0 Å². The fourth-order valence-corrected chi connectivity index (χ4v) is 0.838. The first-order valence-electron chi connectivity index (χ1n) is 4.61. The van der Waals surface area contributed by atoms with Crippen LogP contribution in [0.5, 0.6) is 0 Å². The molecular weight excluding hydrogens is 172 g/mol. The molecule has 1 rings (SSSR count). The Bertz CT molecular complexity index is 371. The monoisotopic (exact) mass is 186 g/mol. The first-order chi connectivity index (χ1) is 6.50. The number of carbonyl (C=O) groups is 1. The number of hydrogen-bond donors (Lipinski definition) is 0. The lowest BCUT2D eigenvalue weighted by Gasteiger charge is -2.10. The van der Waals surface area contributed by atoms with Crippen molar-refractivity contribution in [1.29, 1.82) is 0 Å². The molecule has 0 spiro atoms. The average Bonchev–Trinajstić information content (AvgIpc) is 2.14. The second-order valence-corrected chi connectivity index (χ2v) is 4.20. The number of hydrogen-bond acceptors (Lipinski definition) is 1. The van der Waals surface area contributed by atoms with E-state index in [0.717, 1.165) is 5.56 Å². The zero-order valence-corrected chi connectivity index (χ0v) is 8.79. The molecule has 0 N–H and O–H groups in total. The summed E-state index contributed by atoms with van der Waals surface area (Å²) in [6, 6.07) is 9.53. The van der Waals surface area contributed by atoms with E-state index in [0.29, 0.717) is 0 Å². The summed E-state index contributed by atoms with van der Waals surface area (Å²) in [7, 11) is 0. The molecule has 1 aromatic carbocycles. The Morgan fingerprint density at radius 2 is 1.71 bits per heavy atom. The van der Waals surface area contributed by atoms with Gasteiger partial charge in [0.05, 0.1) is 0 Å². The quantitative estimate of drug-likeness (QED) is 0.569. The third kappa shape index (κ3) is 3.06. The molecule has 1 aromatic rings. The summed E-state index contributed by atoms with van der Waals surface area (Å²) < 4.78 is 0. The van der Waals surface area contributed by atoms with Crippen LogP contribution in [-0.4, -0.2) is 5.78 Å². The molecule has 0 atom stereocenters. The van der Waals surface area contributed by atoms with E-state index >= 15 is 0 Å². The smallest absolute Gasteiger partial charge is 0.211 e. The summed E-state index contributed by atoms with van der Waals surface area (Å²) >= 11 is 0. The van der Waals surface area contributed by atoms with Crippen molar-refractivity contribution < 1.29 is 4.79 Å². The van der Waals surface area contributed by atoms with Crippen LogP contribution in [0.2, 0.25) is 0 Å². The van der Waals surface area contributed by atoms with Crippen LogP contribution >= 0.6 is 0 Å². The van der Waals surface area contributed by atoms with Crippen LogP contribution in [0.25, 0.3) is 0 Å². The molecule has 0 saturated carbocycles. The van der Waals surface area contributed by atoms with Gasteiger partial charge in [0.25, 0.3) is 0 Å². The summed E-state index contributed by atoms with van der Waals surface area (Å²) in [6.45, 7) is 5.61. The van der Waals surface area contributed by atoms with Gasteiger partial charge in [-0.25, -0.2) is 0 Å². The summed E-state index contributed by atoms with van der Waals surface area (Å²) in [5.41, 5.74) is 0.506. The van der Waals surface area contributed by atoms with Gasteiger partial charge in [0.15, 0.2) is 0 Å². The van der Waals surface area contributed by atoms with Gasteiger partial charge in [-0.15, -0.1) is 0 Å². The molecule has 72 valence electrons. The maximum absolute atomic E-state index is 11.5. The molecule has 0 saturated heterocycles. The number of benzene rings is 1. The molecule has 0 heterocycles. The molecule has 0 radical (unpaired) electrons. The van der Waals surface area contributed by atoms with Crippen molar-refractivity contribution in [3.63, 3.8) is 0 Å². The van der Waals surface area contributed by atoms with Crippen molar-refractivity contribution in [3.8, 4) is 11.8 Å². The Labute approximate surface area is 85.1 Å². The van der Waals surface area contributed by atoms with E-state index in [9.17, 15) is 4.79 Å². The second-order valence-electron chi connectivity index (χ2n) is 4.20. The molecule has 1 heteroatoms. The number of ketones is 1. The third-order valence-corrected chi connectivity index (χ3v) is 1.78. The van der Waals surface area contributed by atoms with Gasteiger partial charge in [0, 0.05) is 11.0 Å². The lowest BCUT2D eigenvalue weighted by atomic mass is 9.91. The van der Waals surface area contributed by atoms with Gasteiger partial charge in [0.1, 0.15) is 0 Å². The number of carbonyl (C=O) groups excluding carboxylic acids is 1. The molecule has 0 fully saturated rings. The molecule has 0 amide bonds. The van der Waals surface area contributed by atoms with Gasteiger partial charge < -0.3 is 0 Å². The van der Waals surface area contributed by atoms with Gasteiger partial charge in [-0.2, -0.15) is 0 Å². The highest BCUT2D eigenvalue weighted by molar-refractivity contribution is 5.99.